The number of phenolic OH excluding ortho intramolecular Hbond substituents is 2. The van der Waals surface area contributed by atoms with Gasteiger partial charge in [-0.05, 0) is 55.0 Å². The van der Waals surface area contributed by atoms with Gasteiger partial charge in [0, 0.05) is 5.56 Å². The van der Waals surface area contributed by atoms with E-state index in [2.05, 4.69) is 4.98 Å². The third-order valence-electron chi connectivity index (χ3n) is 4.06. The number of aromatic hydroxyl groups is 2. The zero-order chi connectivity index (χ0) is 20.3. The molecule has 1 aromatic heterocycles. The molecule has 2 aromatic carbocycles. The highest BCUT2D eigenvalue weighted by molar-refractivity contribution is 7.17. The molecule has 0 aliphatic carbocycles. The van der Waals surface area contributed by atoms with Crippen molar-refractivity contribution >= 4 is 23.2 Å². The number of nitrogens with zero attached hydrogens (tertiary/aromatic N) is 1. The molecule has 0 aliphatic rings. The molecule has 0 saturated carbocycles. The van der Waals surface area contributed by atoms with Crippen LogP contribution in [-0.4, -0.2) is 35.2 Å². The Labute approximate surface area is 166 Å². The van der Waals surface area contributed by atoms with E-state index in [4.69, 9.17) is 9.47 Å². The second-order valence-electron chi connectivity index (χ2n) is 5.95. The number of aromatic nitrogens is 1. The van der Waals surface area contributed by atoms with Crippen molar-refractivity contribution in [2.24, 2.45) is 0 Å². The van der Waals surface area contributed by atoms with E-state index < -0.39 is 0 Å². The molecule has 6 nitrogen and oxygen atoms in total. The molecule has 0 atom stereocenters. The van der Waals surface area contributed by atoms with Crippen LogP contribution in [0.2, 0.25) is 0 Å². The number of phenols is 2. The van der Waals surface area contributed by atoms with Gasteiger partial charge in [0.15, 0.2) is 17.3 Å². The topological polar surface area (TPSA) is 88.9 Å². The molecule has 0 aliphatic heterocycles. The Balaban J connectivity index is 1.86. The molecule has 0 fully saturated rings. The molecule has 28 heavy (non-hydrogen) atoms. The number of hydrogen-bond acceptors (Lipinski definition) is 7. The van der Waals surface area contributed by atoms with Gasteiger partial charge in [-0.2, -0.15) is 0 Å². The van der Waals surface area contributed by atoms with Gasteiger partial charge in [-0.3, -0.25) is 4.79 Å². The molecule has 0 radical (unpaired) electrons. The molecule has 0 unspecified atom stereocenters. The third-order valence-corrected chi connectivity index (χ3v) is 5.28. The molecule has 0 amide bonds. The van der Waals surface area contributed by atoms with Crippen molar-refractivity contribution in [3.63, 3.8) is 0 Å². The minimum Gasteiger partial charge on any atom is -0.508 e. The summed E-state index contributed by atoms with van der Waals surface area (Å²) in [7, 11) is 2.89. The van der Waals surface area contributed by atoms with E-state index in [1.54, 1.807) is 49.4 Å². The molecule has 7 heteroatoms. The molecule has 2 N–H and O–H groups in total. The second-order valence-corrected chi connectivity index (χ2v) is 6.95. The maximum atomic E-state index is 12.6. The maximum absolute atomic E-state index is 12.6. The predicted molar refractivity (Wildman–Crippen MR) is 109 cm³/mol. The van der Waals surface area contributed by atoms with Crippen molar-refractivity contribution in [1.82, 2.24) is 4.98 Å². The van der Waals surface area contributed by atoms with Gasteiger partial charge in [0.2, 0.25) is 5.75 Å². The summed E-state index contributed by atoms with van der Waals surface area (Å²) in [6, 6.07) is 9.91. The Morgan fingerprint density at radius 2 is 1.68 bits per heavy atom. The summed E-state index contributed by atoms with van der Waals surface area (Å²) in [5, 5.41) is 20.1. The van der Waals surface area contributed by atoms with Gasteiger partial charge >= 0.3 is 0 Å². The van der Waals surface area contributed by atoms with Crippen LogP contribution in [0.3, 0.4) is 0 Å². The number of allylic oxidation sites excluding steroid dienone is 1. The van der Waals surface area contributed by atoms with Crippen molar-refractivity contribution in [3.05, 3.63) is 58.6 Å². The molecule has 3 rings (SSSR count). The standard InChI is InChI=1S/C21H19NO5S/c1-12-20(28-21(22-12)14-5-7-15(23)8-6-14)16(24)9-4-13-10-17(26-2)19(25)18(11-13)27-3/h4-11,23,25H,1-3H3. The zero-order valence-electron chi connectivity index (χ0n) is 15.6. The highest BCUT2D eigenvalue weighted by Crippen LogP contribution is 2.37. The summed E-state index contributed by atoms with van der Waals surface area (Å²) in [6.07, 6.45) is 3.08. The molecular weight excluding hydrogens is 378 g/mol. The Morgan fingerprint density at radius 3 is 2.25 bits per heavy atom. The second kappa shape index (κ2) is 8.14. The fourth-order valence-corrected chi connectivity index (χ4v) is 3.60. The van der Waals surface area contributed by atoms with E-state index in [0.29, 0.717) is 21.1 Å². The van der Waals surface area contributed by atoms with Crippen LogP contribution in [0.15, 0.2) is 42.5 Å². The monoisotopic (exact) mass is 397 g/mol. The van der Waals surface area contributed by atoms with Gasteiger partial charge in [0.1, 0.15) is 10.8 Å². The third kappa shape index (κ3) is 3.99. The largest absolute Gasteiger partial charge is 0.508 e. The first-order valence-corrected chi connectivity index (χ1v) is 9.18. The minimum absolute atomic E-state index is 0.0923. The summed E-state index contributed by atoms with van der Waals surface area (Å²) < 4.78 is 10.2. The van der Waals surface area contributed by atoms with E-state index in [1.807, 2.05) is 0 Å². The number of carbonyl (C=O) groups excluding carboxylic acids is 1. The van der Waals surface area contributed by atoms with Crippen molar-refractivity contribution in [1.29, 1.82) is 0 Å². The van der Waals surface area contributed by atoms with Gasteiger partial charge in [-0.25, -0.2) is 4.98 Å². The van der Waals surface area contributed by atoms with Crippen molar-refractivity contribution in [2.45, 2.75) is 6.92 Å². The Hall–Kier alpha value is -3.32. The summed E-state index contributed by atoms with van der Waals surface area (Å²) in [6.45, 7) is 1.79. The van der Waals surface area contributed by atoms with Crippen LogP contribution in [0.5, 0.6) is 23.0 Å². The maximum Gasteiger partial charge on any atom is 0.200 e. The molecule has 0 spiro atoms. The van der Waals surface area contributed by atoms with Crippen LogP contribution >= 0.6 is 11.3 Å². The van der Waals surface area contributed by atoms with Crippen LogP contribution in [0.1, 0.15) is 20.9 Å². The predicted octanol–water partition coefficient (Wildman–Crippen LogP) is 4.44. The van der Waals surface area contributed by atoms with Crippen molar-refractivity contribution < 1.29 is 24.5 Å². The van der Waals surface area contributed by atoms with Gasteiger partial charge in [0.25, 0.3) is 0 Å². The lowest BCUT2D eigenvalue weighted by atomic mass is 10.1. The Kier molecular flexibility index (Phi) is 5.65. The molecule has 1 heterocycles. The number of carbonyl (C=O) groups is 1. The quantitative estimate of drug-likeness (QED) is 0.472. The first-order chi connectivity index (χ1) is 13.4. The molecule has 144 valence electrons. The average Bonchev–Trinajstić information content (AvgIpc) is 3.09. The number of hydrogen-bond donors (Lipinski definition) is 2. The van der Waals surface area contributed by atoms with Crippen LogP contribution in [0, 0.1) is 6.92 Å². The Morgan fingerprint density at radius 1 is 1.07 bits per heavy atom. The van der Waals surface area contributed by atoms with E-state index in [1.165, 1.54) is 31.6 Å². The van der Waals surface area contributed by atoms with Gasteiger partial charge in [-0.1, -0.05) is 6.08 Å². The van der Waals surface area contributed by atoms with Gasteiger partial charge < -0.3 is 19.7 Å². The molecule has 3 aromatic rings. The first kappa shape index (κ1) is 19.4. The normalized spacial score (nSPS) is 11.0. The SMILES string of the molecule is COc1cc(C=CC(=O)c2sc(-c3ccc(O)cc3)nc2C)cc(OC)c1O. The van der Waals surface area contributed by atoms with E-state index >= 15 is 0 Å². The number of methoxy groups -OCH3 is 2. The molecular formula is C21H19NO5S. The van der Waals surface area contributed by atoms with Gasteiger partial charge in [0.05, 0.1) is 24.8 Å². The number of rotatable bonds is 6. The van der Waals surface area contributed by atoms with Gasteiger partial charge in [-0.15, -0.1) is 11.3 Å². The summed E-state index contributed by atoms with van der Waals surface area (Å²) in [5.74, 6) is 0.428. The smallest absolute Gasteiger partial charge is 0.200 e. The number of ether oxygens (including phenoxy) is 2. The highest BCUT2D eigenvalue weighted by Gasteiger charge is 2.15. The van der Waals surface area contributed by atoms with E-state index in [9.17, 15) is 15.0 Å². The van der Waals surface area contributed by atoms with Crippen LogP contribution in [0.25, 0.3) is 16.6 Å². The average molecular weight is 397 g/mol. The van der Waals surface area contributed by atoms with Crippen molar-refractivity contribution in [2.75, 3.05) is 14.2 Å². The fourth-order valence-electron chi connectivity index (χ4n) is 2.61. The number of aryl methyl sites for hydroxylation is 1. The Bertz CT molecular complexity index is 1010. The van der Waals surface area contributed by atoms with Crippen LogP contribution < -0.4 is 9.47 Å². The van der Waals surface area contributed by atoms with E-state index in [-0.39, 0.29) is 28.8 Å². The van der Waals surface area contributed by atoms with E-state index in [0.717, 1.165) is 5.56 Å². The lowest BCUT2D eigenvalue weighted by Crippen LogP contribution is -1.94. The lowest BCUT2D eigenvalue weighted by Gasteiger charge is -2.09. The highest BCUT2D eigenvalue weighted by atomic mass is 32.1. The lowest BCUT2D eigenvalue weighted by molar-refractivity contribution is 0.105. The fraction of sp³-hybridized carbons (Fsp3) is 0.143. The van der Waals surface area contributed by atoms with Crippen LogP contribution in [0.4, 0.5) is 0 Å². The zero-order valence-corrected chi connectivity index (χ0v) is 16.4. The van der Waals surface area contributed by atoms with Crippen molar-refractivity contribution in [3.8, 4) is 33.6 Å². The first-order valence-electron chi connectivity index (χ1n) is 8.37. The number of ketones is 1. The number of benzene rings is 2. The molecule has 0 saturated heterocycles. The summed E-state index contributed by atoms with van der Waals surface area (Å²) in [4.78, 5) is 17.6. The minimum atomic E-state index is -0.175. The van der Waals surface area contributed by atoms with Crippen LogP contribution in [-0.2, 0) is 0 Å². The summed E-state index contributed by atoms with van der Waals surface area (Å²) in [5.41, 5.74) is 2.13. The molecule has 0 bridgehead atoms. The number of thiazole rings is 1. The summed E-state index contributed by atoms with van der Waals surface area (Å²) >= 11 is 1.30.